The van der Waals surface area contributed by atoms with E-state index >= 15 is 0 Å². The van der Waals surface area contributed by atoms with E-state index in [-0.39, 0.29) is 11.7 Å². The van der Waals surface area contributed by atoms with Gasteiger partial charge >= 0.3 is 0 Å². The van der Waals surface area contributed by atoms with Crippen LogP contribution in [0.5, 0.6) is 0 Å². The van der Waals surface area contributed by atoms with Gasteiger partial charge in [-0.15, -0.1) is 5.10 Å². The summed E-state index contributed by atoms with van der Waals surface area (Å²) in [6.45, 7) is 4.38. The van der Waals surface area contributed by atoms with Crippen molar-refractivity contribution in [3.05, 3.63) is 101 Å². The Bertz CT molecular complexity index is 1550. The molecular weight excluding hydrogens is 452 g/mol. The van der Waals surface area contributed by atoms with E-state index in [1.54, 1.807) is 16.3 Å². The van der Waals surface area contributed by atoms with Gasteiger partial charge in [-0.3, -0.25) is 4.79 Å². The van der Waals surface area contributed by atoms with E-state index in [0.29, 0.717) is 28.8 Å². The summed E-state index contributed by atoms with van der Waals surface area (Å²) in [5.41, 5.74) is 5.25. The van der Waals surface area contributed by atoms with Crippen molar-refractivity contribution in [2.45, 2.75) is 49.4 Å². The van der Waals surface area contributed by atoms with Crippen LogP contribution in [0.25, 0.3) is 16.6 Å². The van der Waals surface area contributed by atoms with Crippen LogP contribution in [0.15, 0.2) is 78.1 Å². The Labute approximate surface area is 208 Å². The first kappa shape index (κ1) is 22.0. The van der Waals surface area contributed by atoms with Gasteiger partial charge < -0.3 is 0 Å². The van der Waals surface area contributed by atoms with E-state index < -0.39 is 0 Å². The summed E-state index contributed by atoms with van der Waals surface area (Å²) in [6, 6.07) is 23.4. The lowest BCUT2D eigenvalue weighted by Gasteiger charge is -2.23. The maximum Gasteiger partial charge on any atom is 0.253 e. The van der Waals surface area contributed by atoms with Gasteiger partial charge in [0.15, 0.2) is 5.78 Å². The second-order valence-corrected chi connectivity index (χ2v) is 10.5. The molecule has 3 aromatic carbocycles. The molecule has 0 unspecified atom stereocenters. The second kappa shape index (κ2) is 8.93. The highest BCUT2D eigenvalue weighted by atomic mass is 32.2. The number of fused-ring (bicyclic) bond motifs is 3. The summed E-state index contributed by atoms with van der Waals surface area (Å²) >= 11 is 1.59. The highest BCUT2D eigenvalue weighted by Crippen LogP contribution is 2.33. The van der Waals surface area contributed by atoms with Crippen molar-refractivity contribution in [3.63, 3.8) is 0 Å². The zero-order valence-corrected chi connectivity index (χ0v) is 20.6. The molecule has 0 radical (unpaired) electrons. The van der Waals surface area contributed by atoms with E-state index in [0.717, 1.165) is 17.9 Å². The summed E-state index contributed by atoms with van der Waals surface area (Å²) in [6.07, 6.45) is 3.05. The van der Waals surface area contributed by atoms with E-state index in [1.165, 1.54) is 27.5 Å². The number of carbonyl (C=O) groups excluding carboxylic acids is 1. The predicted molar refractivity (Wildman–Crippen MR) is 140 cm³/mol. The van der Waals surface area contributed by atoms with Crippen molar-refractivity contribution in [1.29, 1.82) is 0 Å². The Kier molecular flexibility index (Phi) is 5.61. The lowest BCUT2D eigenvalue weighted by Crippen LogP contribution is -2.21. The van der Waals surface area contributed by atoms with Gasteiger partial charge in [0.2, 0.25) is 5.16 Å². The Morgan fingerprint density at radius 1 is 0.971 bits per heavy atom. The maximum atomic E-state index is 13.0. The van der Waals surface area contributed by atoms with Crippen LogP contribution in [0, 0.1) is 0 Å². The number of Topliss-reactive ketones (excluding diaryl/α,β-unsaturated/α-hetero) is 1. The van der Waals surface area contributed by atoms with Crippen LogP contribution in [-0.2, 0) is 12.2 Å². The fourth-order valence-electron chi connectivity index (χ4n) is 4.88. The Morgan fingerprint density at radius 3 is 2.60 bits per heavy atom. The molecule has 1 aliphatic rings. The SMILES string of the molecule is CC(C)c1ccc([C@H]2CC(=O)c3cn4nc(SCc5cccc6ccccc56)nc4nc3C2)cc1. The highest BCUT2D eigenvalue weighted by Gasteiger charge is 2.28. The quantitative estimate of drug-likeness (QED) is 0.266. The first-order valence-electron chi connectivity index (χ1n) is 12.0. The molecule has 0 amide bonds. The van der Waals surface area contributed by atoms with Gasteiger partial charge in [-0.25, -0.2) is 9.50 Å². The fraction of sp³-hybridized carbons (Fsp3) is 0.241. The molecule has 2 aromatic heterocycles. The third-order valence-corrected chi connectivity index (χ3v) is 7.76. The van der Waals surface area contributed by atoms with E-state index in [2.05, 4.69) is 90.7 Å². The minimum atomic E-state index is 0.124. The summed E-state index contributed by atoms with van der Waals surface area (Å²) in [4.78, 5) is 22.5. The predicted octanol–water partition coefficient (Wildman–Crippen LogP) is 6.61. The normalized spacial score (nSPS) is 15.7. The van der Waals surface area contributed by atoms with Gasteiger partial charge in [0, 0.05) is 18.4 Å². The fourth-order valence-corrected chi connectivity index (χ4v) is 5.70. The van der Waals surface area contributed by atoms with E-state index in [4.69, 9.17) is 4.98 Å². The summed E-state index contributed by atoms with van der Waals surface area (Å²) < 4.78 is 1.65. The number of ketones is 1. The van der Waals surface area contributed by atoms with Crippen molar-refractivity contribution in [3.8, 4) is 0 Å². The zero-order valence-electron chi connectivity index (χ0n) is 19.8. The lowest BCUT2D eigenvalue weighted by molar-refractivity contribution is 0.0962. The minimum absolute atomic E-state index is 0.124. The average Bonchev–Trinajstić information content (AvgIpc) is 3.28. The molecule has 5 aromatic rings. The molecule has 35 heavy (non-hydrogen) atoms. The lowest BCUT2D eigenvalue weighted by atomic mass is 9.81. The monoisotopic (exact) mass is 478 g/mol. The molecule has 0 saturated carbocycles. The number of hydrogen-bond donors (Lipinski definition) is 0. The van der Waals surface area contributed by atoms with E-state index in [1.807, 2.05) is 6.20 Å². The first-order chi connectivity index (χ1) is 17.0. The number of benzene rings is 3. The van der Waals surface area contributed by atoms with Crippen LogP contribution in [0.2, 0.25) is 0 Å². The standard InChI is InChI=1S/C29H26N4OS/c1-18(2)19-10-12-20(13-11-19)23-14-26-25(27(34)15-23)16-33-28(30-26)31-29(32-33)35-17-22-8-5-7-21-6-3-4-9-24(21)22/h3-13,16,18,23H,14-15,17H2,1-2H3/t23-/m1/s1. The number of nitrogens with zero attached hydrogens (tertiary/aromatic N) is 4. The Morgan fingerprint density at radius 2 is 1.77 bits per heavy atom. The second-order valence-electron chi connectivity index (χ2n) is 9.52. The van der Waals surface area contributed by atoms with Crippen molar-refractivity contribution < 1.29 is 4.79 Å². The molecule has 0 spiro atoms. The zero-order chi connectivity index (χ0) is 23.9. The van der Waals surface area contributed by atoms with Crippen molar-refractivity contribution in [2.75, 3.05) is 0 Å². The van der Waals surface area contributed by atoms with Gasteiger partial charge in [0.25, 0.3) is 5.78 Å². The number of thioether (sulfide) groups is 1. The van der Waals surface area contributed by atoms with Crippen LogP contribution in [0.3, 0.4) is 0 Å². The molecule has 0 bridgehead atoms. The molecular formula is C29H26N4OS. The maximum absolute atomic E-state index is 13.0. The topological polar surface area (TPSA) is 60.2 Å². The number of rotatable bonds is 5. The van der Waals surface area contributed by atoms with Gasteiger partial charge in [-0.2, -0.15) is 4.98 Å². The summed E-state index contributed by atoms with van der Waals surface area (Å²) in [7, 11) is 0. The molecule has 174 valence electrons. The van der Waals surface area contributed by atoms with Crippen molar-refractivity contribution in [1.82, 2.24) is 19.6 Å². The first-order valence-corrected chi connectivity index (χ1v) is 13.0. The number of hydrogen-bond acceptors (Lipinski definition) is 5. The average molecular weight is 479 g/mol. The molecule has 6 rings (SSSR count). The molecule has 1 aliphatic carbocycles. The van der Waals surface area contributed by atoms with Crippen LogP contribution in [0.4, 0.5) is 0 Å². The number of aromatic nitrogens is 4. The smallest absolute Gasteiger partial charge is 0.253 e. The molecule has 0 fully saturated rings. The van der Waals surface area contributed by atoms with Crippen molar-refractivity contribution in [2.24, 2.45) is 0 Å². The Balaban J connectivity index is 1.25. The summed E-state index contributed by atoms with van der Waals surface area (Å²) in [5.74, 6) is 2.08. The van der Waals surface area contributed by atoms with Crippen LogP contribution in [0.1, 0.15) is 64.8 Å². The van der Waals surface area contributed by atoms with Gasteiger partial charge in [-0.05, 0) is 45.7 Å². The molecule has 6 heteroatoms. The van der Waals surface area contributed by atoms with Crippen LogP contribution in [-0.4, -0.2) is 25.4 Å². The van der Waals surface area contributed by atoms with Gasteiger partial charge in [0.1, 0.15) is 0 Å². The molecule has 0 N–H and O–H groups in total. The molecule has 0 aliphatic heterocycles. The van der Waals surface area contributed by atoms with Gasteiger partial charge in [-0.1, -0.05) is 92.3 Å². The van der Waals surface area contributed by atoms with Crippen LogP contribution < -0.4 is 0 Å². The van der Waals surface area contributed by atoms with E-state index in [9.17, 15) is 4.79 Å². The third kappa shape index (κ3) is 4.23. The number of carbonyl (C=O) groups is 1. The summed E-state index contributed by atoms with van der Waals surface area (Å²) in [5, 5.41) is 7.75. The third-order valence-electron chi connectivity index (χ3n) is 6.87. The Hall–Kier alpha value is -3.51. The molecule has 0 saturated heterocycles. The highest BCUT2D eigenvalue weighted by molar-refractivity contribution is 7.98. The van der Waals surface area contributed by atoms with Crippen LogP contribution >= 0.6 is 11.8 Å². The molecule has 2 heterocycles. The van der Waals surface area contributed by atoms with Gasteiger partial charge in [0.05, 0.1) is 11.3 Å². The molecule has 1 atom stereocenters. The minimum Gasteiger partial charge on any atom is -0.294 e. The largest absolute Gasteiger partial charge is 0.294 e. The van der Waals surface area contributed by atoms with Crippen molar-refractivity contribution >= 4 is 34.1 Å². The molecule has 5 nitrogen and oxygen atoms in total.